The second-order valence-corrected chi connectivity index (χ2v) is 6.00. The molecule has 0 bridgehead atoms. The van der Waals surface area contributed by atoms with Gasteiger partial charge in [0.25, 0.3) is 0 Å². The van der Waals surface area contributed by atoms with E-state index in [1.807, 2.05) is 18.3 Å². The zero-order chi connectivity index (χ0) is 14.1. The molecule has 1 aliphatic rings. The summed E-state index contributed by atoms with van der Waals surface area (Å²) in [5.41, 5.74) is 4.55. The van der Waals surface area contributed by atoms with Gasteiger partial charge in [-0.2, -0.15) is 0 Å². The maximum atomic E-state index is 11.5. The molecule has 3 heterocycles. The number of amides is 1. The van der Waals surface area contributed by atoms with Crippen LogP contribution in [0.4, 0.5) is 0 Å². The summed E-state index contributed by atoms with van der Waals surface area (Å²) in [4.78, 5) is 15.3. The molecule has 0 unspecified atom stereocenters. The minimum absolute atomic E-state index is 0.272. The third-order valence-electron chi connectivity index (χ3n) is 3.66. The van der Waals surface area contributed by atoms with Crippen molar-refractivity contribution >= 4 is 17.2 Å². The van der Waals surface area contributed by atoms with Crippen LogP contribution >= 0.6 is 11.3 Å². The molecular weight excluding hydrogens is 274 g/mol. The number of nitrogens with zero attached hydrogens (tertiary/aromatic N) is 1. The predicted molar refractivity (Wildman–Crippen MR) is 77.2 cm³/mol. The first-order valence-electron chi connectivity index (χ1n) is 6.55. The smallest absolute Gasteiger partial charge is 0.300 e. The van der Waals surface area contributed by atoms with Gasteiger partial charge in [-0.05, 0) is 36.4 Å². The monoisotopic (exact) mass is 291 g/mol. The molecule has 1 aliphatic heterocycles. The van der Waals surface area contributed by atoms with Crippen LogP contribution < -0.4 is 11.3 Å². The van der Waals surface area contributed by atoms with E-state index in [0.717, 1.165) is 37.4 Å². The van der Waals surface area contributed by atoms with Gasteiger partial charge in [0.1, 0.15) is 5.76 Å². The number of nitrogens with two attached hydrogens (primary N) is 1. The van der Waals surface area contributed by atoms with Crippen LogP contribution in [0.5, 0.6) is 0 Å². The topological polar surface area (TPSA) is 71.5 Å². The molecule has 5 nitrogen and oxygen atoms in total. The van der Waals surface area contributed by atoms with Crippen molar-refractivity contribution < 1.29 is 9.21 Å². The van der Waals surface area contributed by atoms with Gasteiger partial charge in [0.15, 0.2) is 5.76 Å². The lowest BCUT2D eigenvalue weighted by atomic mass is 10.1. The summed E-state index contributed by atoms with van der Waals surface area (Å²) in [5.74, 6) is 5.78. The number of hydrazine groups is 1. The largest absolute Gasteiger partial charge is 0.456 e. The number of furan rings is 1. The van der Waals surface area contributed by atoms with Gasteiger partial charge >= 0.3 is 5.91 Å². The molecule has 3 rings (SSSR count). The Labute approximate surface area is 121 Å². The van der Waals surface area contributed by atoms with Gasteiger partial charge in [0, 0.05) is 30.1 Å². The SMILES string of the molecule is Cc1oc(C(=O)NN)cc1CN1CCc2sccc2C1. The number of fused-ring (bicyclic) bond motifs is 1. The Hall–Kier alpha value is -1.63. The normalized spacial score (nSPS) is 15.1. The number of hydrogen-bond acceptors (Lipinski definition) is 5. The first-order valence-corrected chi connectivity index (χ1v) is 7.43. The van der Waals surface area contributed by atoms with Crippen LogP contribution in [-0.2, 0) is 19.5 Å². The van der Waals surface area contributed by atoms with Crippen LogP contribution in [0.25, 0.3) is 0 Å². The first kappa shape index (κ1) is 13.4. The van der Waals surface area contributed by atoms with Crippen molar-refractivity contribution in [3.05, 3.63) is 45.0 Å². The number of thiophene rings is 1. The van der Waals surface area contributed by atoms with Crippen molar-refractivity contribution in [2.75, 3.05) is 6.54 Å². The first-order chi connectivity index (χ1) is 9.67. The van der Waals surface area contributed by atoms with E-state index in [9.17, 15) is 4.79 Å². The Balaban J connectivity index is 1.73. The Bertz CT molecular complexity index is 632. The van der Waals surface area contributed by atoms with E-state index in [-0.39, 0.29) is 5.76 Å². The molecule has 0 fully saturated rings. The third-order valence-corrected chi connectivity index (χ3v) is 4.68. The van der Waals surface area contributed by atoms with E-state index >= 15 is 0 Å². The number of carbonyl (C=O) groups is 1. The quantitative estimate of drug-likeness (QED) is 0.514. The number of carbonyl (C=O) groups excluding carboxylic acids is 1. The molecule has 1 amide bonds. The molecular formula is C14H17N3O2S. The number of aryl methyl sites for hydroxylation is 1. The molecule has 106 valence electrons. The van der Waals surface area contributed by atoms with E-state index in [1.165, 1.54) is 10.4 Å². The van der Waals surface area contributed by atoms with Crippen LogP contribution in [0.1, 0.15) is 32.3 Å². The zero-order valence-corrected chi connectivity index (χ0v) is 12.1. The summed E-state index contributed by atoms with van der Waals surface area (Å²) in [6.45, 7) is 4.67. The average Bonchev–Trinajstić information content (AvgIpc) is 3.05. The number of nitrogen functional groups attached to an aromatic ring is 1. The lowest BCUT2D eigenvalue weighted by Crippen LogP contribution is -2.30. The van der Waals surface area contributed by atoms with Crippen molar-refractivity contribution in [1.82, 2.24) is 10.3 Å². The highest BCUT2D eigenvalue weighted by Gasteiger charge is 2.20. The maximum absolute atomic E-state index is 11.5. The van der Waals surface area contributed by atoms with Gasteiger partial charge in [-0.3, -0.25) is 15.1 Å². The molecule has 0 saturated carbocycles. The molecule has 3 N–H and O–H groups in total. The molecule has 0 atom stereocenters. The van der Waals surface area contributed by atoms with Gasteiger partial charge < -0.3 is 4.42 Å². The summed E-state index contributed by atoms with van der Waals surface area (Å²) in [6.07, 6.45) is 1.10. The molecule has 0 aromatic carbocycles. The summed E-state index contributed by atoms with van der Waals surface area (Å²) < 4.78 is 5.45. The van der Waals surface area contributed by atoms with Crippen LogP contribution in [-0.4, -0.2) is 17.4 Å². The van der Waals surface area contributed by atoms with E-state index in [0.29, 0.717) is 0 Å². The molecule has 0 aliphatic carbocycles. The lowest BCUT2D eigenvalue weighted by molar-refractivity contribution is 0.0924. The predicted octanol–water partition coefficient (Wildman–Crippen LogP) is 1.81. The average molecular weight is 291 g/mol. The van der Waals surface area contributed by atoms with Crippen molar-refractivity contribution in [3.63, 3.8) is 0 Å². The highest BCUT2D eigenvalue weighted by atomic mass is 32.1. The van der Waals surface area contributed by atoms with Gasteiger partial charge in [-0.25, -0.2) is 5.84 Å². The summed E-state index contributed by atoms with van der Waals surface area (Å²) in [7, 11) is 0. The minimum atomic E-state index is -0.391. The Morgan fingerprint density at radius 2 is 2.45 bits per heavy atom. The fourth-order valence-corrected chi connectivity index (χ4v) is 3.43. The summed E-state index contributed by atoms with van der Waals surface area (Å²) in [5, 5.41) is 2.15. The molecule has 20 heavy (non-hydrogen) atoms. The second kappa shape index (κ2) is 5.40. The van der Waals surface area contributed by atoms with Crippen molar-refractivity contribution in [1.29, 1.82) is 0 Å². The lowest BCUT2D eigenvalue weighted by Gasteiger charge is -2.26. The summed E-state index contributed by atoms with van der Waals surface area (Å²) >= 11 is 1.84. The van der Waals surface area contributed by atoms with Gasteiger partial charge in [0.05, 0.1) is 0 Å². The third kappa shape index (κ3) is 2.49. The van der Waals surface area contributed by atoms with E-state index < -0.39 is 5.91 Å². The summed E-state index contributed by atoms with van der Waals surface area (Å²) in [6, 6.07) is 3.97. The number of hydrogen-bond donors (Lipinski definition) is 2. The van der Waals surface area contributed by atoms with Crippen LogP contribution in [0.15, 0.2) is 21.9 Å². The van der Waals surface area contributed by atoms with Gasteiger partial charge in [-0.1, -0.05) is 0 Å². The molecule has 6 heteroatoms. The maximum Gasteiger partial charge on any atom is 0.300 e. The molecule has 2 aromatic rings. The molecule has 2 aromatic heterocycles. The van der Waals surface area contributed by atoms with E-state index in [4.69, 9.17) is 10.3 Å². The van der Waals surface area contributed by atoms with Gasteiger partial charge in [0.2, 0.25) is 0 Å². The van der Waals surface area contributed by atoms with Crippen LogP contribution in [0, 0.1) is 6.92 Å². The Morgan fingerprint density at radius 1 is 1.60 bits per heavy atom. The fourth-order valence-electron chi connectivity index (χ4n) is 2.54. The fraction of sp³-hybridized carbons (Fsp3) is 0.357. The molecule has 0 saturated heterocycles. The number of rotatable bonds is 3. The zero-order valence-electron chi connectivity index (χ0n) is 11.3. The van der Waals surface area contributed by atoms with Crippen molar-refractivity contribution in [3.8, 4) is 0 Å². The van der Waals surface area contributed by atoms with Crippen LogP contribution in [0.2, 0.25) is 0 Å². The molecule has 0 spiro atoms. The van der Waals surface area contributed by atoms with E-state index in [2.05, 4.69) is 21.8 Å². The Morgan fingerprint density at radius 3 is 3.25 bits per heavy atom. The van der Waals surface area contributed by atoms with Crippen LogP contribution in [0.3, 0.4) is 0 Å². The van der Waals surface area contributed by atoms with E-state index in [1.54, 1.807) is 6.07 Å². The Kier molecular flexibility index (Phi) is 3.60. The minimum Gasteiger partial charge on any atom is -0.456 e. The standard InChI is InChI=1S/C14H17N3O2S/c1-9-11(6-12(19-9)14(18)16-15)8-17-4-2-13-10(7-17)3-5-20-13/h3,5-6H,2,4,7-8,15H2,1H3,(H,16,18). The second-order valence-electron chi connectivity index (χ2n) is 5.00. The molecule has 0 radical (unpaired) electrons. The van der Waals surface area contributed by atoms with Crippen molar-refractivity contribution in [2.45, 2.75) is 26.4 Å². The van der Waals surface area contributed by atoms with Gasteiger partial charge in [-0.15, -0.1) is 11.3 Å². The number of nitrogens with one attached hydrogen (secondary N) is 1. The van der Waals surface area contributed by atoms with Crippen molar-refractivity contribution in [2.24, 2.45) is 5.84 Å². The highest BCUT2D eigenvalue weighted by molar-refractivity contribution is 7.10. The highest BCUT2D eigenvalue weighted by Crippen LogP contribution is 2.26.